The maximum absolute atomic E-state index is 13.9. The van der Waals surface area contributed by atoms with E-state index in [-0.39, 0.29) is 23.3 Å². The van der Waals surface area contributed by atoms with Gasteiger partial charge in [0, 0.05) is 36.4 Å². The van der Waals surface area contributed by atoms with Crippen LogP contribution in [0, 0.1) is 17.6 Å². The summed E-state index contributed by atoms with van der Waals surface area (Å²) in [7, 11) is 0. The number of amides is 2. The van der Waals surface area contributed by atoms with Crippen LogP contribution >= 0.6 is 11.3 Å². The Morgan fingerprint density at radius 3 is 2.64 bits per heavy atom. The highest BCUT2D eigenvalue weighted by Crippen LogP contribution is 2.31. The van der Waals surface area contributed by atoms with Gasteiger partial charge < -0.3 is 10.2 Å². The standard InChI is InChI=1S/C20H23F2N3O2S/c1-12(2)18(26)23-10-15-11-28-19(24-15)13-5-7-25(8-6-13)20(27)16-4-3-14(21)9-17(16)22/h3-4,9,11-13H,5-8,10H2,1-2H3,(H,23,26). The molecule has 3 rings (SSSR count). The van der Waals surface area contributed by atoms with Crippen LogP contribution in [0.2, 0.25) is 0 Å². The summed E-state index contributed by atoms with van der Waals surface area (Å²) in [5, 5.41) is 5.79. The third-order valence-electron chi connectivity index (χ3n) is 4.83. The van der Waals surface area contributed by atoms with Gasteiger partial charge in [0.05, 0.1) is 22.8 Å². The molecule has 28 heavy (non-hydrogen) atoms. The van der Waals surface area contributed by atoms with Crippen molar-refractivity contribution < 1.29 is 18.4 Å². The number of carbonyl (C=O) groups excluding carboxylic acids is 2. The summed E-state index contributed by atoms with van der Waals surface area (Å²) < 4.78 is 26.9. The van der Waals surface area contributed by atoms with Crippen LogP contribution in [0.1, 0.15) is 53.7 Å². The van der Waals surface area contributed by atoms with E-state index in [0.29, 0.717) is 19.6 Å². The Bertz CT molecular complexity index is 861. The molecule has 2 heterocycles. The second-order valence-corrected chi connectivity index (χ2v) is 8.13. The number of nitrogens with zero attached hydrogens (tertiary/aromatic N) is 2. The number of carbonyl (C=O) groups is 2. The predicted molar refractivity (Wildman–Crippen MR) is 103 cm³/mol. The molecule has 0 radical (unpaired) electrons. The number of nitrogens with one attached hydrogen (secondary N) is 1. The molecule has 1 N–H and O–H groups in total. The summed E-state index contributed by atoms with van der Waals surface area (Å²) in [4.78, 5) is 30.4. The molecular weight excluding hydrogens is 384 g/mol. The smallest absolute Gasteiger partial charge is 0.256 e. The van der Waals surface area contributed by atoms with Crippen LogP contribution in [0.25, 0.3) is 0 Å². The molecule has 1 aromatic heterocycles. The van der Waals surface area contributed by atoms with Crippen LogP contribution in [0.4, 0.5) is 8.78 Å². The largest absolute Gasteiger partial charge is 0.350 e. The van der Waals surface area contributed by atoms with Crippen molar-refractivity contribution >= 4 is 23.2 Å². The van der Waals surface area contributed by atoms with Crippen molar-refractivity contribution in [2.75, 3.05) is 13.1 Å². The van der Waals surface area contributed by atoms with Crippen molar-refractivity contribution in [1.82, 2.24) is 15.2 Å². The molecule has 1 aliphatic rings. The lowest BCUT2D eigenvalue weighted by atomic mass is 9.97. The average molecular weight is 407 g/mol. The molecule has 1 aliphatic heterocycles. The number of halogens is 2. The lowest BCUT2D eigenvalue weighted by Crippen LogP contribution is -2.38. The van der Waals surface area contributed by atoms with Gasteiger partial charge in [-0.2, -0.15) is 0 Å². The highest BCUT2D eigenvalue weighted by Gasteiger charge is 2.27. The molecule has 150 valence electrons. The molecular formula is C20H23F2N3O2S. The van der Waals surface area contributed by atoms with Crippen LogP contribution in [-0.4, -0.2) is 34.8 Å². The highest BCUT2D eigenvalue weighted by molar-refractivity contribution is 7.09. The van der Waals surface area contributed by atoms with E-state index in [1.54, 1.807) is 16.2 Å². The summed E-state index contributed by atoms with van der Waals surface area (Å²) in [6.07, 6.45) is 1.47. The van der Waals surface area contributed by atoms with Crippen molar-refractivity contribution in [1.29, 1.82) is 0 Å². The molecule has 1 saturated heterocycles. The molecule has 0 spiro atoms. The first-order valence-corrected chi connectivity index (χ1v) is 10.2. The van der Waals surface area contributed by atoms with Gasteiger partial charge in [-0.1, -0.05) is 13.8 Å². The third-order valence-corrected chi connectivity index (χ3v) is 5.89. The van der Waals surface area contributed by atoms with Crippen LogP contribution in [-0.2, 0) is 11.3 Å². The Morgan fingerprint density at radius 1 is 1.29 bits per heavy atom. The van der Waals surface area contributed by atoms with Gasteiger partial charge in [-0.25, -0.2) is 13.8 Å². The second kappa shape index (κ2) is 8.77. The van der Waals surface area contributed by atoms with E-state index in [2.05, 4.69) is 10.3 Å². The Balaban J connectivity index is 1.55. The van der Waals surface area contributed by atoms with Crippen LogP contribution in [0.5, 0.6) is 0 Å². The molecule has 2 amide bonds. The van der Waals surface area contributed by atoms with E-state index in [9.17, 15) is 18.4 Å². The first-order valence-electron chi connectivity index (χ1n) is 9.31. The third kappa shape index (κ3) is 4.73. The second-order valence-electron chi connectivity index (χ2n) is 7.24. The predicted octanol–water partition coefficient (Wildman–Crippen LogP) is 3.71. The minimum Gasteiger partial charge on any atom is -0.350 e. The van der Waals surface area contributed by atoms with Crippen LogP contribution < -0.4 is 5.32 Å². The summed E-state index contributed by atoms with van der Waals surface area (Å²) in [6, 6.07) is 3.02. The minimum atomic E-state index is -0.833. The normalized spacial score (nSPS) is 15.1. The highest BCUT2D eigenvalue weighted by atomic mass is 32.1. The molecule has 5 nitrogen and oxygen atoms in total. The maximum Gasteiger partial charge on any atom is 0.256 e. The number of piperidine rings is 1. The van der Waals surface area contributed by atoms with E-state index in [1.165, 1.54) is 6.07 Å². The summed E-state index contributed by atoms with van der Waals surface area (Å²) in [5.74, 6) is -1.77. The zero-order valence-electron chi connectivity index (χ0n) is 15.9. The number of benzene rings is 1. The monoisotopic (exact) mass is 407 g/mol. The Kier molecular flexibility index (Phi) is 6.39. The quantitative estimate of drug-likeness (QED) is 0.822. The molecule has 0 aliphatic carbocycles. The molecule has 1 aromatic carbocycles. The molecule has 0 atom stereocenters. The van der Waals surface area contributed by atoms with Crippen molar-refractivity contribution in [3.05, 3.63) is 51.5 Å². The van der Waals surface area contributed by atoms with E-state index in [1.807, 2.05) is 19.2 Å². The zero-order valence-corrected chi connectivity index (χ0v) is 16.7. The van der Waals surface area contributed by atoms with Gasteiger partial charge in [-0.05, 0) is 25.0 Å². The van der Waals surface area contributed by atoms with Crippen molar-refractivity contribution in [2.24, 2.45) is 5.92 Å². The van der Waals surface area contributed by atoms with E-state index in [4.69, 9.17) is 0 Å². The van der Waals surface area contributed by atoms with Gasteiger partial charge in [0.1, 0.15) is 11.6 Å². The number of likely N-dealkylation sites (tertiary alicyclic amines) is 1. The molecule has 0 saturated carbocycles. The molecule has 0 unspecified atom stereocenters. The fourth-order valence-corrected chi connectivity index (χ4v) is 4.13. The SMILES string of the molecule is CC(C)C(=O)NCc1csc(C2CCN(C(=O)c3ccc(F)cc3F)CC2)n1. The average Bonchev–Trinajstić information content (AvgIpc) is 3.14. The van der Waals surface area contributed by atoms with Gasteiger partial charge >= 0.3 is 0 Å². The van der Waals surface area contributed by atoms with Crippen molar-refractivity contribution in [3.63, 3.8) is 0 Å². The van der Waals surface area contributed by atoms with Gasteiger partial charge in [-0.3, -0.25) is 9.59 Å². The fraction of sp³-hybridized carbons (Fsp3) is 0.450. The topological polar surface area (TPSA) is 62.3 Å². The lowest BCUT2D eigenvalue weighted by molar-refractivity contribution is -0.124. The molecule has 2 aromatic rings. The Morgan fingerprint density at radius 2 is 2.00 bits per heavy atom. The van der Waals surface area contributed by atoms with E-state index >= 15 is 0 Å². The van der Waals surface area contributed by atoms with Crippen molar-refractivity contribution in [3.8, 4) is 0 Å². The summed E-state index contributed by atoms with van der Waals surface area (Å²) in [6.45, 7) is 5.09. The number of rotatable bonds is 5. The number of hydrogen-bond donors (Lipinski definition) is 1. The van der Waals surface area contributed by atoms with Gasteiger partial charge in [0.2, 0.25) is 5.91 Å². The van der Waals surface area contributed by atoms with Gasteiger partial charge in [0.15, 0.2) is 0 Å². The molecule has 1 fully saturated rings. The van der Waals surface area contributed by atoms with Crippen LogP contribution in [0.15, 0.2) is 23.6 Å². The molecule has 8 heteroatoms. The first-order chi connectivity index (χ1) is 13.3. The number of hydrogen-bond acceptors (Lipinski definition) is 4. The maximum atomic E-state index is 13.9. The van der Waals surface area contributed by atoms with Gasteiger partial charge in [0.25, 0.3) is 5.91 Å². The molecule has 0 bridgehead atoms. The van der Waals surface area contributed by atoms with Crippen molar-refractivity contribution in [2.45, 2.75) is 39.2 Å². The number of aromatic nitrogens is 1. The summed E-state index contributed by atoms with van der Waals surface area (Å²) in [5.41, 5.74) is 0.734. The summed E-state index contributed by atoms with van der Waals surface area (Å²) >= 11 is 1.56. The lowest BCUT2D eigenvalue weighted by Gasteiger charge is -2.31. The van der Waals surface area contributed by atoms with Crippen LogP contribution in [0.3, 0.4) is 0 Å². The first kappa shape index (κ1) is 20.4. The minimum absolute atomic E-state index is 0.00519. The Labute approximate surface area is 166 Å². The zero-order chi connectivity index (χ0) is 20.3. The van der Waals surface area contributed by atoms with E-state index in [0.717, 1.165) is 35.7 Å². The fourth-order valence-electron chi connectivity index (χ4n) is 3.14. The van der Waals surface area contributed by atoms with E-state index < -0.39 is 17.5 Å². The Hall–Kier alpha value is -2.35. The van der Waals surface area contributed by atoms with Gasteiger partial charge in [-0.15, -0.1) is 11.3 Å². The number of thiazole rings is 1.